The highest BCUT2D eigenvalue weighted by molar-refractivity contribution is 5.73. The number of methoxy groups -OCH3 is 1. The number of ether oxygens (including phenoxy) is 4. The number of aliphatic carboxylic acids is 1. The molecule has 5 fully saturated rings. The highest BCUT2D eigenvalue weighted by Gasteiger charge is 2.71. The van der Waals surface area contributed by atoms with Gasteiger partial charge in [0, 0.05) is 36.7 Å². The van der Waals surface area contributed by atoms with E-state index >= 15 is 0 Å². The zero-order chi connectivity index (χ0) is 32.6. The van der Waals surface area contributed by atoms with Crippen molar-refractivity contribution in [2.75, 3.05) is 47.2 Å². The Bertz CT molecular complexity index is 1160. The van der Waals surface area contributed by atoms with E-state index in [0.29, 0.717) is 36.9 Å². The standard InChI is InChI=1S/C38H63NO6/c1-24(2)25(3)33(4)14-15-35(6)26-10-11-29-34(5)21-44-23-38(29,27(26)12-13-36(35,7)30(33)32(40)41)20-28(42-9)31(34)45-22-37(39-8)16-18-43-19-17-37/h12,24-26,28-31,39H,10-11,13-23H2,1-9H3,(H,40,41)/t25-,26+,28-,29+,30-,31+,33-,34?,35-,36+,38+/m1/s1. The maximum atomic E-state index is 13.4. The molecular weight excluding hydrogens is 566 g/mol. The van der Waals surface area contributed by atoms with Gasteiger partial charge in [-0.3, -0.25) is 4.79 Å². The zero-order valence-corrected chi connectivity index (χ0v) is 29.8. The second-order valence-electron chi connectivity index (χ2n) is 17.7. The number of carbonyl (C=O) groups is 1. The Morgan fingerprint density at radius 1 is 1.02 bits per heavy atom. The summed E-state index contributed by atoms with van der Waals surface area (Å²) in [5, 5.41) is 14.6. The van der Waals surface area contributed by atoms with Crippen LogP contribution in [0.5, 0.6) is 0 Å². The van der Waals surface area contributed by atoms with Crippen LogP contribution in [0.2, 0.25) is 0 Å². The number of fused-ring (bicyclic) bond motifs is 3. The Morgan fingerprint density at radius 3 is 2.36 bits per heavy atom. The third-order valence-electron chi connectivity index (χ3n) is 15.9. The van der Waals surface area contributed by atoms with E-state index in [1.165, 1.54) is 0 Å². The number of carboxylic acid groups (broad SMARTS) is 1. The Hall–Kier alpha value is -0.990. The Kier molecular flexibility index (Phi) is 8.71. The molecule has 2 heterocycles. The van der Waals surface area contributed by atoms with Gasteiger partial charge in [0.05, 0.1) is 37.9 Å². The molecule has 0 radical (unpaired) electrons. The highest BCUT2D eigenvalue weighted by Crippen LogP contribution is 2.75. The van der Waals surface area contributed by atoms with Crippen LogP contribution in [0.15, 0.2) is 11.6 Å². The summed E-state index contributed by atoms with van der Waals surface area (Å²) < 4.78 is 25.7. The smallest absolute Gasteiger partial charge is 0.307 e. The van der Waals surface area contributed by atoms with E-state index < -0.39 is 5.97 Å². The number of nitrogens with one attached hydrogen (secondary N) is 1. The predicted molar refractivity (Wildman–Crippen MR) is 176 cm³/mol. The van der Waals surface area contributed by atoms with Crippen LogP contribution in [0, 0.1) is 56.7 Å². The summed E-state index contributed by atoms with van der Waals surface area (Å²) in [4.78, 5) is 13.4. The van der Waals surface area contributed by atoms with Gasteiger partial charge in [-0.2, -0.15) is 0 Å². The van der Waals surface area contributed by atoms with Crippen LogP contribution in [0.25, 0.3) is 0 Å². The summed E-state index contributed by atoms with van der Waals surface area (Å²) in [6, 6.07) is 0. The highest BCUT2D eigenvalue weighted by atomic mass is 16.5. The van der Waals surface area contributed by atoms with Gasteiger partial charge in [-0.1, -0.05) is 60.1 Å². The quantitative estimate of drug-likeness (QED) is 0.288. The summed E-state index contributed by atoms with van der Waals surface area (Å²) in [5.41, 5.74) is 0.623. The average molecular weight is 630 g/mol. The third-order valence-corrected chi connectivity index (χ3v) is 15.9. The van der Waals surface area contributed by atoms with Crippen LogP contribution >= 0.6 is 0 Å². The van der Waals surface area contributed by atoms with Crippen LogP contribution in [0.3, 0.4) is 0 Å². The van der Waals surface area contributed by atoms with Gasteiger partial charge in [-0.25, -0.2) is 0 Å². The average Bonchev–Trinajstić information content (AvgIpc) is 3.00. The SMILES string of the molecule is CNC1(CO[C@H]2[C@H](OC)C[C@@]34COCC2(C)[C@@H]3CC[C@H]2C4=CC[C@@]3(C)[C@H](C(=O)O)[C@@](C)([C@H](C)C(C)C)CC[C@]23C)CCOCC1. The van der Waals surface area contributed by atoms with Crippen molar-refractivity contribution in [2.24, 2.45) is 56.7 Å². The van der Waals surface area contributed by atoms with Crippen molar-refractivity contribution in [1.29, 1.82) is 0 Å². The van der Waals surface area contributed by atoms with E-state index in [1.54, 1.807) is 5.57 Å². The van der Waals surface area contributed by atoms with Crippen molar-refractivity contribution in [1.82, 2.24) is 5.32 Å². The second kappa shape index (κ2) is 11.6. The third kappa shape index (κ3) is 4.70. The predicted octanol–water partition coefficient (Wildman–Crippen LogP) is 6.74. The van der Waals surface area contributed by atoms with E-state index in [-0.39, 0.29) is 50.7 Å². The monoisotopic (exact) mass is 629 g/mol. The maximum absolute atomic E-state index is 13.4. The molecule has 2 aliphatic heterocycles. The lowest BCUT2D eigenvalue weighted by Gasteiger charge is -2.71. The molecule has 7 heteroatoms. The molecule has 6 aliphatic rings. The zero-order valence-electron chi connectivity index (χ0n) is 29.8. The first-order valence-electron chi connectivity index (χ1n) is 18.1. The van der Waals surface area contributed by atoms with Gasteiger partial charge in [-0.15, -0.1) is 0 Å². The molecule has 2 saturated heterocycles. The fourth-order valence-corrected chi connectivity index (χ4v) is 12.6. The first kappa shape index (κ1) is 33.9. The Balaban J connectivity index is 1.36. The van der Waals surface area contributed by atoms with Crippen LogP contribution < -0.4 is 5.32 Å². The number of hydrogen-bond acceptors (Lipinski definition) is 6. The van der Waals surface area contributed by atoms with Crippen molar-refractivity contribution in [3.8, 4) is 0 Å². The fraction of sp³-hybridized carbons (Fsp3) is 0.921. The number of likely N-dealkylation sites (N-methyl/N-ethyl adjacent to an activating group) is 1. The van der Waals surface area contributed by atoms with Crippen LogP contribution in [-0.2, 0) is 23.7 Å². The van der Waals surface area contributed by atoms with Crippen molar-refractivity contribution < 1.29 is 28.8 Å². The summed E-state index contributed by atoms with van der Waals surface area (Å²) >= 11 is 0. The first-order chi connectivity index (χ1) is 21.2. The van der Waals surface area contributed by atoms with E-state index in [2.05, 4.69) is 66.9 Å². The number of hydrogen-bond donors (Lipinski definition) is 2. The molecular formula is C38H63NO6. The largest absolute Gasteiger partial charge is 0.481 e. The normalized spacial score (nSPS) is 48.0. The minimum Gasteiger partial charge on any atom is -0.481 e. The molecule has 2 bridgehead atoms. The molecule has 11 atom stereocenters. The second-order valence-corrected chi connectivity index (χ2v) is 17.7. The fourth-order valence-electron chi connectivity index (χ4n) is 12.6. The lowest BCUT2D eigenvalue weighted by Crippen LogP contribution is -2.70. The molecule has 4 aliphatic carbocycles. The molecule has 0 amide bonds. The van der Waals surface area contributed by atoms with Crippen LogP contribution in [-0.4, -0.2) is 76.0 Å². The number of carboxylic acids is 1. The van der Waals surface area contributed by atoms with E-state index in [1.807, 2.05) is 7.11 Å². The molecule has 256 valence electrons. The number of rotatable bonds is 8. The molecule has 2 N–H and O–H groups in total. The van der Waals surface area contributed by atoms with Gasteiger partial charge >= 0.3 is 5.97 Å². The molecule has 3 saturated carbocycles. The number of allylic oxidation sites excluding steroid dienone is 1. The maximum Gasteiger partial charge on any atom is 0.307 e. The van der Waals surface area contributed by atoms with Crippen molar-refractivity contribution in [3.63, 3.8) is 0 Å². The molecule has 7 nitrogen and oxygen atoms in total. The Labute approximate surface area is 272 Å². The summed E-state index contributed by atoms with van der Waals surface area (Å²) in [6.07, 6.45) is 10.4. The molecule has 6 rings (SSSR count). The van der Waals surface area contributed by atoms with Crippen molar-refractivity contribution in [2.45, 2.75) is 118 Å². The lowest BCUT2D eigenvalue weighted by atomic mass is 9.34. The van der Waals surface area contributed by atoms with Gasteiger partial charge in [0.2, 0.25) is 0 Å². The van der Waals surface area contributed by atoms with E-state index in [4.69, 9.17) is 18.9 Å². The van der Waals surface area contributed by atoms with Crippen molar-refractivity contribution in [3.05, 3.63) is 11.6 Å². The van der Waals surface area contributed by atoms with Gasteiger partial charge in [0.15, 0.2) is 0 Å². The summed E-state index contributed by atoms with van der Waals surface area (Å²) in [6.45, 7) is 19.9. The van der Waals surface area contributed by atoms with Crippen LogP contribution in [0.4, 0.5) is 0 Å². The molecule has 0 aromatic heterocycles. The first-order valence-corrected chi connectivity index (χ1v) is 18.1. The minimum absolute atomic E-state index is 0.0158. The van der Waals surface area contributed by atoms with Gasteiger partial charge in [0.25, 0.3) is 0 Å². The topological polar surface area (TPSA) is 86.2 Å². The molecule has 1 unspecified atom stereocenters. The molecule has 0 spiro atoms. The Morgan fingerprint density at radius 2 is 1.73 bits per heavy atom. The molecule has 0 aromatic carbocycles. The van der Waals surface area contributed by atoms with Crippen LogP contribution in [0.1, 0.15) is 99.8 Å². The van der Waals surface area contributed by atoms with E-state index in [9.17, 15) is 9.90 Å². The minimum atomic E-state index is -0.600. The van der Waals surface area contributed by atoms with Gasteiger partial charge < -0.3 is 29.4 Å². The van der Waals surface area contributed by atoms with Gasteiger partial charge in [-0.05, 0) is 98.3 Å². The summed E-state index contributed by atoms with van der Waals surface area (Å²) in [5.74, 6) is 0.635. The summed E-state index contributed by atoms with van der Waals surface area (Å²) in [7, 11) is 3.92. The lowest BCUT2D eigenvalue weighted by molar-refractivity contribution is -0.270. The van der Waals surface area contributed by atoms with E-state index in [0.717, 1.165) is 71.2 Å². The molecule has 45 heavy (non-hydrogen) atoms. The van der Waals surface area contributed by atoms with Crippen molar-refractivity contribution >= 4 is 5.97 Å². The van der Waals surface area contributed by atoms with Gasteiger partial charge in [0.1, 0.15) is 0 Å². The molecule has 0 aromatic rings.